The molecule has 2 rings (SSSR count). The fourth-order valence-corrected chi connectivity index (χ4v) is 3.45. The SMILES string of the molecule is Cc1cc(C(=O)NCC(C)N2CCCC2)sc1C#CCN. The van der Waals surface area contributed by atoms with Gasteiger partial charge in [0.2, 0.25) is 0 Å². The number of aryl methyl sites for hydroxylation is 1. The highest BCUT2D eigenvalue weighted by Crippen LogP contribution is 2.21. The van der Waals surface area contributed by atoms with Crippen molar-refractivity contribution in [2.24, 2.45) is 5.73 Å². The summed E-state index contributed by atoms with van der Waals surface area (Å²) in [5.74, 6) is 5.84. The van der Waals surface area contributed by atoms with Gasteiger partial charge in [-0.05, 0) is 51.4 Å². The maximum Gasteiger partial charge on any atom is 0.261 e. The Balaban J connectivity index is 1.91. The quantitative estimate of drug-likeness (QED) is 0.831. The van der Waals surface area contributed by atoms with Crippen LogP contribution in [0.4, 0.5) is 0 Å². The van der Waals surface area contributed by atoms with Gasteiger partial charge in [-0.1, -0.05) is 11.8 Å². The molecule has 1 saturated heterocycles. The van der Waals surface area contributed by atoms with E-state index in [0.29, 0.717) is 19.1 Å². The van der Waals surface area contributed by atoms with E-state index in [0.717, 1.165) is 28.4 Å². The highest BCUT2D eigenvalue weighted by molar-refractivity contribution is 7.14. The van der Waals surface area contributed by atoms with Crippen molar-refractivity contribution in [3.63, 3.8) is 0 Å². The van der Waals surface area contributed by atoms with E-state index in [9.17, 15) is 4.79 Å². The molecule has 0 radical (unpaired) electrons. The molecule has 0 spiro atoms. The Hall–Kier alpha value is -1.35. The van der Waals surface area contributed by atoms with E-state index in [-0.39, 0.29) is 5.91 Å². The minimum atomic E-state index is -0.00468. The van der Waals surface area contributed by atoms with Gasteiger partial charge in [-0.2, -0.15) is 0 Å². The average Bonchev–Trinajstić information content (AvgIpc) is 3.12. The van der Waals surface area contributed by atoms with Crippen molar-refractivity contribution in [1.82, 2.24) is 10.2 Å². The zero-order valence-electron chi connectivity index (χ0n) is 12.7. The molecule has 21 heavy (non-hydrogen) atoms. The molecule has 2 heterocycles. The molecule has 1 aliphatic heterocycles. The number of carbonyl (C=O) groups excluding carboxylic acids is 1. The molecule has 5 heteroatoms. The van der Waals surface area contributed by atoms with Crippen molar-refractivity contribution in [3.05, 3.63) is 21.4 Å². The number of nitrogens with zero attached hydrogens (tertiary/aromatic N) is 1. The lowest BCUT2D eigenvalue weighted by atomic mass is 10.2. The minimum absolute atomic E-state index is 0.00468. The van der Waals surface area contributed by atoms with E-state index in [2.05, 4.69) is 29.0 Å². The van der Waals surface area contributed by atoms with Crippen LogP contribution in [0.3, 0.4) is 0 Å². The Morgan fingerprint density at radius 2 is 2.24 bits per heavy atom. The van der Waals surface area contributed by atoms with E-state index in [1.807, 2.05) is 13.0 Å². The predicted molar refractivity (Wildman–Crippen MR) is 87.6 cm³/mol. The maximum atomic E-state index is 12.2. The summed E-state index contributed by atoms with van der Waals surface area (Å²) in [7, 11) is 0. The lowest BCUT2D eigenvalue weighted by Crippen LogP contribution is -2.40. The number of amides is 1. The van der Waals surface area contributed by atoms with Crippen molar-refractivity contribution in [2.75, 3.05) is 26.2 Å². The summed E-state index contributed by atoms with van der Waals surface area (Å²) in [5.41, 5.74) is 6.42. The number of nitrogens with one attached hydrogen (secondary N) is 1. The average molecular weight is 305 g/mol. The van der Waals surface area contributed by atoms with Gasteiger partial charge in [0.15, 0.2) is 0 Å². The Morgan fingerprint density at radius 1 is 1.52 bits per heavy atom. The van der Waals surface area contributed by atoms with Gasteiger partial charge < -0.3 is 11.1 Å². The molecular weight excluding hydrogens is 282 g/mol. The molecule has 1 unspecified atom stereocenters. The Labute approximate surface area is 130 Å². The van der Waals surface area contributed by atoms with Crippen molar-refractivity contribution < 1.29 is 4.79 Å². The molecule has 0 saturated carbocycles. The minimum Gasteiger partial charge on any atom is -0.350 e. The van der Waals surface area contributed by atoms with Gasteiger partial charge in [0.05, 0.1) is 16.3 Å². The third-order valence-corrected chi connectivity index (χ3v) is 4.92. The van der Waals surface area contributed by atoms with Crippen LogP contribution in [0.2, 0.25) is 0 Å². The number of hydrogen-bond donors (Lipinski definition) is 2. The molecule has 4 nitrogen and oxygen atoms in total. The fraction of sp³-hybridized carbons (Fsp3) is 0.562. The molecule has 114 valence electrons. The third-order valence-electron chi connectivity index (χ3n) is 3.77. The molecular formula is C16H23N3OS. The van der Waals surface area contributed by atoms with Crippen LogP contribution in [-0.4, -0.2) is 43.0 Å². The number of hydrogen-bond acceptors (Lipinski definition) is 4. The number of rotatable bonds is 4. The van der Waals surface area contributed by atoms with E-state index < -0.39 is 0 Å². The highest BCUT2D eigenvalue weighted by atomic mass is 32.1. The van der Waals surface area contributed by atoms with Crippen LogP contribution < -0.4 is 11.1 Å². The zero-order valence-corrected chi connectivity index (χ0v) is 13.6. The van der Waals surface area contributed by atoms with Crippen LogP contribution in [0.5, 0.6) is 0 Å². The highest BCUT2D eigenvalue weighted by Gasteiger charge is 2.19. The Morgan fingerprint density at radius 3 is 2.90 bits per heavy atom. The number of carbonyl (C=O) groups is 1. The van der Waals surface area contributed by atoms with Crippen LogP contribution in [0.1, 0.15) is 39.9 Å². The monoisotopic (exact) mass is 305 g/mol. The van der Waals surface area contributed by atoms with Gasteiger partial charge >= 0.3 is 0 Å². The van der Waals surface area contributed by atoms with Crippen LogP contribution in [-0.2, 0) is 0 Å². The van der Waals surface area contributed by atoms with Gasteiger partial charge in [0.25, 0.3) is 5.91 Å². The lowest BCUT2D eigenvalue weighted by molar-refractivity contribution is 0.0944. The van der Waals surface area contributed by atoms with Crippen LogP contribution >= 0.6 is 11.3 Å². The summed E-state index contributed by atoms with van der Waals surface area (Å²) in [4.78, 5) is 16.3. The van der Waals surface area contributed by atoms with Gasteiger partial charge in [-0.15, -0.1) is 11.3 Å². The molecule has 1 amide bonds. The molecule has 0 bridgehead atoms. The van der Waals surface area contributed by atoms with Gasteiger partial charge in [0.1, 0.15) is 0 Å². The van der Waals surface area contributed by atoms with E-state index in [1.165, 1.54) is 24.2 Å². The smallest absolute Gasteiger partial charge is 0.261 e. The Kier molecular flexibility index (Phi) is 5.80. The number of likely N-dealkylation sites (tertiary alicyclic amines) is 1. The molecule has 1 atom stereocenters. The molecule has 0 aliphatic carbocycles. The number of nitrogens with two attached hydrogens (primary N) is 1. The second kappa shape index (κ2) is 7.60. The van der Waals surface area contributed by atoms with Crippen molar-refractivity contribution >= 4 is 17.2 Å². The largest absolute Gasteiger partial charge is 0.350 e. The third kappa shape index (κ3) is 4.31. The molecule has 1 aromatic rings. The molecule has 1 aliphatic rings. The second-order valence-corrected chi connectivity index (χ2v) is 6.48. The maximum absolute atomic E-state index is 12.2. The van der Waals surface area contributed by atoms with E-state index >= 15 is 0 Å². The summed E-state index contributed by atoms with van der Waals surface area (Å²) >= 11 is 1.44. The van der Waals surface area contributed by atoms with Gasteiger partial charge in [-0.3, -0.25) is 9.69 Å². The van der Waals surface area contributed by atoms with Crippen molar-refractivity contribution in [3.8, 4) is 11.8 Å². The summed E-state index contributed by atoms with van der Waals surface area (Å²) < 4.78 is 0. The van der Waals surface area contributed by atoms with Crippen molar-refractivity contribution in [2.45, 2.75) is 32.7 Å². The summed E-state index contributed by atoms with van der Waals surface area (Å²) in [6.07, 6.45) is 2.54. The summed E-state index contributed by atoms with van der Waals surface area (Å²) in [6.45, 7) is 7.47. The number of thiophene rings is 1. The summed E-state index contributed by atoms with van der Waals surface area (Å²) in [6, 6.07) is 2.30. The van der Waals surface area contributed by atoms with Crippen LogP contribution in [0.15, 0.2) is 6.07 Å². The summed E-state index contributed by atoms with van der Waals surface area (Å²) in [5, 5.41) is 3.03. The fourth-order valence-electron chi connectivity index (χ4n) is 2.49. The van der Waals surface area contributed by atoms with Crippen LogP contribution in [0, 0.1) is 18.8 Å². The standard InChI is InChI=1S/C16H23N3OS/c1-12-10-15(21-14(12)6-5-7-17)16(20)18-11-13(2)19-8-3-4-9-19/h10,13H,3-4,7-9,11,17H2,1-2H3,(H,18,20). The van der Waals surface area contributed by atoms with Gasteiger partial charge in [0, 0.05) is 12.6 Å². The van der Waals surface area contributed by atoms with E-state index in [4.69, 9.17) is 5.73 Å². The first-order chi connectivity index (χ1) is 10.1. The first kappa shape index (κ1) is 16.0. The molecule has 1 aromatic heterocycles. The second-order valence-electron chi connectivity index (χ2n) is 5.43. The van der Waals surface area contributed by atoms with Gasteiger partial charge in [-0.25, -0.2) is 0 Å². The molecule has 0 aromatic carbocycles. The zero-order chi connectivity index (χ0) is 15.2. The molecule has 1 fully saturated rings. The molecule has 3 N–H and O–H groups in total. The Bertz CT molecular complexity index is 550. The normalized spacial score (nSPS) is 16.3. The first-order valence-electron chi connectivity index (χ1n) is 7.43. The lowest BCUT2D eigenvalue weighted by Gasteiger charge is -2.23. The van der Waals surface area contributed by atoms with Crippen LogP contribution in [0.25, 0.3) is 0 Å². The van der Waals surface area contributed by atoms with E-state index in [1.54, 1.807) is 0 Å². The first-order valence-corrected chi connectivity index (χ1v) is 8.25. The predicted octanol–water partition coefficient (Wildman–Crippen LogP) is 1.58. The topological polar surface area (TPSA) is 58.4 Å². The van der Waals surface area contributed by atoms with Crippen molar-refractivity contribution in [1.29, 1.82) is 0 Å².